The van der Waals surface area contributed by atoms with Gasteiger partial charge in [0.2, 0.25) is 5.91 Å². The lowest BCUT2D eigenvalue weighted by molar-refractivity contribution is -0.118. The fourth-order valence-electron chi connectivity index (χ4n) is 2.70. The number of hydrogen-bond acceptors (Lipinski definition) is 7. The second kappa shape index (κ2) is 6.41. The Kier molecular flexibility index (Phi) is 3.92. The number of nitrogens with zero attached hydrogens (tertiary/aromatic N) is 4. The first-order valence-electron chi connectivity index (χ1n) is 7.94. The minimum absolute atomic E-state index is 0.0806. The minimum atomic E-state index is -0.532. The molecule has 0 saturated carbocycles. The fourth-order valence-corrected chi connectivity index (χ4v) is 2.70. The van der Waals surface area contributed by atoms with Gasteiger partial charge in [0.15, 0.2) is 5.76 Å². The average Bonchev–Trinajstić information content (AvgIpc) is 3.36. The van der Waals surface area contributed by atoms with Gasteiger partial charge in [-0.25, -0.2) is 4.98 Å². The summed E-state index contributed by atoms with van der Waals surface area (Å²) < 4.78 is 11.9. The molecule has 0 atom stereocenters. The van der Waals surface area contributed by atoms with Gasteiger partial charge < -0.3 is 20.0 Å². The number of fused-ring (bicyclic) bond motifs is 1. The average molecular weight is 366 g/mol. The molecule has 0 aromatic carbocycles. The number of furan rings is 1. The summed E-state index contributed by atoms with van der Waals surface area (Å²) in [4.78, 5) is 28.2. The van der Waals surface area contributed by atoms with E-state index in [1.807, 2.05) is 0 Å². The van der Waals surface area contributed by atoms with Gasteiger partial charge in [-0.2, -0.15) is 5.10 Å². The van der Waals surface area contributed by atoms with E-state index in [-0.39, 0.29) is 12.3 Å². The third-order valence-electron chi connectivity index (χ3n) is 3.84. The third kappa shape index (κ3) is 3.15. The van der Waals surface area contributed by atoms with Crippen LogP contribution in [0.2, 0.25) is 0 Å². The molecule has 0 aliphatic heterocycles. The molecule has 3 N–H and O–H groups in total. The number of anilines is 1. The molecule has 0 aliphatic carbocycles. The first-order valence-corrected chi connectivity index (χ1v) is 7.94. The molecular weight excluding hydrogens is 352 g/mol. The zero-order chi connectivity index (χ0) is 19.0. The van der Waals surface area contributed by atoms with Crippen molar-refractivity contribution in [3.63, 3.8) is 0 Å². The number of aromatic nitrogens is 4. The van der Waals surface area contributed by atoms with Crippen molar-refractivity contribution in [2.24, 2.45) is 5.73 Å². The summed E-state index contributed by atoms with van der Waals surface area (Å²) in [6.07, 6.45) is 4.45. The van der Waals surface area contributed by atoms with E-state index in [1.165, 1.54) is 23.3 Å². The number of rotatable bonds is 5. The number of amides is 2. The largest absolute Gasteiger partial charge is 0.463 e. The molecule has 10 heteroatoms. The molecule has 4 rings (SSSR count). The number of primary amides is 1. The summed E-state index contributed by atoms with van der Waals surface area (Å²) in [5.74, 6) is -0.440. The molecule has 0 bridgehead atoms. The van der Waals surface area contributed by atoms with Gasteiger partial charge in [-0.1, -0.05) is 5.16 Å². The van der Waals surface area contributed by atoms with Crippen LogP contribution in [0, 0.1) is 6.92 Å². The Morgan fingerprint density at radius 1 is 1.37 bits per heavy atom. The molecule has 136 valence electrons. The lowest BCUT2D eigenvalue weighted by atomic mass is 10.1. The highest BCUT2D eigenvalue weighted by atomic mass is 16.5. The van der Waals surface area contributed by atoms with Crippen LogP contribution in [-0.4, -0.2) is 31.7 Å². The third-order valence-corrected chi connectivity index (χ3v) is 3.84. The topological polar surface area (TPSA) is 142 Å². The van der Waals surface area contributed by atoms with Crippen LogP contribution in [0.25, 0.3) is 22.6 Å². The summed E-state index contributed by atoms with van der Waals surface area (Å²) in [5.41, 5.74) is 7.09. The summed E-state index contributed by atoms with van der Waals surface area (Å²) in [5, 5.41) is 11.1. The number of carbonyl (C=O) groups is 2. The highest BCUT2D eigenvalue weighted by Gasteiger charge is 2.20. The molecule has 0 fully saturated rings. The number of hydrogen-bond donors (Lipinski definition) is 2. The van der Waals surface area contributed by atoms with Gasteiger partial charge in [-0.3, -0.25) is 14.3 Å². The van der Waals surface area contributed by atoms with Gasteiger partial charge in [-0.05, 0) is 25.1 Å². The van der Waals surface area contributed by atoms with Crippen LogP contribution in [-0.2, 0) is 11.3 Å². The van der Waals surface area contributed by atoms with Crippen molar-refractivity contribution in [2.75, 3.05) is 5.32 Å². The summed E-state index contributed by atoms with van der Waals surface area (Å²) in [7, 11) is 0. The number of nitrogens with one attached hydrogen (secondary N) is 1. The molecule has 0 spiro atoms. The van der Waals surface area contributed by atoms with Crippen molar-refractivity contribution in [2.45, 2.75) is 13.5 Å². The van der Waals surface area contributed by atoms with Crippen molar-refractivity contribution in [3.8, 4) is 11.5 Å². The molecule has 4 aromatic rings. The molecular formula is C17H14N6O4. The molecule has 10 nitrogen and oxygen atoms in total. The Morgan fingerprint density at radius 3 is 2.96 bits per heavy atom. The molecule has 2 amide bonds. The lowest BCUT2D eigenvalue weighted by Crippen LogP contribution is -2.18. The Balaban J connectivity index is 1.71. The highest BCUT2D eigenvalue weighted by Crippen LogP contribution is 2.27. The van der Waals surface area contributed by atoms with E-state index in [0.29, 0.717) is 33.8 Å². The van der Waals surface area contributed by atoms with Crippen LogP contribution < -0.4 is 11.1 Å². The van der Waals surface area contributed by atoms with Gasteiger partial charge in [0, 0.05) is 6.20 Å². The van der Waals surface area contributed by atoms with Crippen molar-refractivity contribution < 1.29 is 18.5 Å². The SMILES string of the molecule is Cc1noc2nc(-c3ccco3)cc(C(=O)Nc3cnn(CC(N)=O)c3)c12. The zero-order valence-electron chi connectivity index (χ0n) is 14.2. The lowest BCUT2D eigenvalue weighted by Gasteiger charge is -2.06. The number of carbonyl (C=O) groups excluding carboxylic acids is 2. The second-order valence-electron chi connectivity index (χ2n) is 5.83. The first kappa shape index (κ1) is 16.5. The van der Waals surface area contributed by atoms with Crippen molar-refractivity contribution >= 4 is 28.6 Å². The fraction of sp³-hybridized carbons (Fsp3) is 0.118. The van der Waals surface area contributed by atoms with Crippen LogP contribution in [0.15, 0.2) is 45.8 Å². The standard InChI is InChI=1S/C17H14N6O4/c1-9-15-11(16(25)20-10-6-19-23(7-10)8-14(18)24)5-12(13-3-2-4-26-13)21-17(15)27-22-9/h2-7H,8H2,1H3,(H2,18,24)(H,20,25). The normalized spacial score (nSPS) is 11.0. The molecule has 4 aromatic heterocycles. The summed E-state index contributed by atoms with van der Waals surface area (Å²) in [6.45, 7) is 1.64. The van der Waals surface area contributed by atoms with Crippen molar-refractivity contribution in [1.82, 2.24) is 19.9 Å². The maximum atomic E-state index is 12.9. The van der Waals surface area contributed by atoms with Crippen LogP contribution in [0.4, 0.5) is 5.69 Å². The van der Waals surface area contributed by atoms with Crippen LogP contribution in [0.3, 0.4) is 0 Å². The van der Waals surface area contributed by atoms with Crippen LogP contribution >= 0.6 is 0 Å². The second-order valence-corrected chi connectivity index (χ2v) is 5.83. The molecule has 0 saturated heterocycles. The molecule has 0 radical (unpaired) electrons. The van der Waals surface area contributed by atoms with Crippen LogP contribution in [0.1, 0.15) is 16.1 Å². The van der Waals surface area contributed by atoms with E-state index in [1.54, 1.807) is 25.1 Å². The predicted molar refractivity (Wildman–Crippen MR) is 93.6 cm³/mol. The monoisotopic (exact) mass is 366 g/mol. The van der Waals surface area contributed by atoms with Crippen molar-refractivity contribution in [3.05, 3.63) is 48.1 Å². The predicted octanol–water partition coefficient (Wildman–Crippen LogP) is 1.73. The smallest absolute Gasteiger partial charge is 0.259 e. The molecule has 0 aliphatic rings. The Hall–Kier alpha value is -3.95. The summed E-state index contributed by atoms with van der Waals surface area (Å²) >= 11 is 0. The van der Waals surface area contributed by atoms with E-state index in [2.05, 4.69) is 20.6 Å². The quantitative estimate of drug-likeness (QED) is 0.547. The number of pyridine rings is 1. The Morgan fingerprint density at radius 2 is 2.22 bits per heavy atom. The van der Waals surface area contributed by atoms with Gasteiger partial charge in [0.1, 0.15) is 12.2 Å². The minimum Gasteiger partial charge on any atom is -0.463 e. The molecule has 4 heterocycles. The van der Waals surface area contributed by atoms with E-state index >= 15 is 0 Å². The maximum Gasteiger partial charge on any atom is 0.259 e. The van der Waals surface area contributed by atoms with Gasteiger partial charge >= 0.3 is 0 Å². The summed E-state index contributed by atoms with van der Waals surface area (Å²) in [6, 6.07) is 5.06. The highest BCUT2D eigenvalue weighted by molar-refractivity contribution is 6.12. The van der Waals surface area contributed by atoms with Gasteiger partial charge in [0.25, 0.3) is 11.6 Å². The van der Waals surface area contributed by atoms with E-state index in [9.17, 15) is 9.59 Å². The van der Waals surface area contributed by atoms with E-state index in [0.717, 1.165) is 0 Å². The van der Waals surface area contributed by atoms with E-state index < -0.39 is 11.8 Å². The molecule has 27 heavy (non-hydrogen) atoms. The first-order chi connectivity index (χ1) is 13.0. The number of aryl methyl sites for hydroxylation is 1. The van der Waals surface area contributed by atoms with Crippen molar-refractivity contribution in [1.29, 1.82) is 0 Å². The number of nitrogens with two attached hydrogens (primary N) is 1. The van der Waals surface area contributed by atoms with E-state index in [4.69, 9.17) is 14.7 Å². The Bertz CT molecular complexity index is 1140. The molecule has 0 unspecified atom stereocenters. The van der Waals surface area contributed by atoms with Gasteiger partial charge in [0.05, 0.1) is 34.8 Å². The van der Waals surface area contributed by atoms with Crippen LogP contribution in [0.5, 0.6) is 0 Å². The maximum absolute atomic E-state index is 12.9. The van der Waals surface area contributed by atoms with Gasteiger partial charge in [-0.15, -0.1) is 0 Å². The Labute approximate surface area is 151 Å². The zero-order valence-corrected chi connectivity index (χ0v) is 14.2.